The molecule has 1 unspecified atom stereocenters. The van der Waals surface area contributed by atoms with Crippen molar-refractivity contribution >= 4 is 17.9 Å². The van der Waals surface area contributed by atoms with Gasteiger partial charge in [0.25, 0.3) is 0 Å². The molecule has 0 saturated carbocycles. The van der Waals surface area contributed by atoms with Gasteiger partial charge in [-0.2, -0.15) is 0 Å². The molecule has 0 rings (SSSR count). The highest BCUT2D eigenvalue weighted by Gasteiger charge is 2.19. The first kappa shape index (κ1) is 76.3. The lowest BCUT2D eigenvalue weighted by atomic mass is 10.0. The molecular formula is C74H128O6. The summed E-state index contributed by atoms with van der Waals surface area (Å²) in [5.74, 6) is -0.881. The van der Waals surface area contributed by atoms with Crippen LogP contribution in [0.1, 0.15) is 335 Å². The fraction of sp³-hybridized carbons (Fsp3) is 0.743. The second-order valence-electron chi connectivity index (χ2n) is 22.7. The molecular weight excluding hydrogens is 985 g/mol. The van der Waals surface area contributed by atoms with E-state index in [9.17, 15) is 14.4 Å². The van der Waals surface area contributed by atoms with Crippen LogP contribution in [-0.4, -0.2) is 37.2 Å². The van der Waals surface area contributed by atoms with Gasteiger partial charge in [-0.3, -0.25) is 14.4 Å². The summed E-state index contributed by atoms with van der Waals surface area (Å²) in [6, 6.07) is 0. The molecule has 0 aromatic heterocycles. The van der Waals surface area contributed by atoms with E-state index in [0.29, 0.717) is 19.3 Å². The molecule has 0 spiro atoms. The van der Waals surface area contributed by atoms with Crippen molar-refractivity contribution in [1.29, 1.82) is 0 Å². The molecule has 0 bridgehead atoms. The topological polar surface area (TPSA) is 78.9 Å². The van der Waals surface area contributed by atoms with E-state index in [1.165, 1.54) is 180 Å². The molecule has 0 aliphatic rings. The highest BCUT2D eigenvalue weighted by molar-refractivity contribution is 5.71. The standard InChI is InChI=1S/C74H128O6/c1-4-7-10-13-16-19-22-25-28-31-33-34-35-36-37-38-39-40-41-44-46-49-52-55-58-61-64-67-73(76)79-70-71(69-78-72(75)66-63-60-57-54-51-48-45-42-30-27-24-21-18-15-12-9-6-3)80-74(77)68-65-62-59-56-53-50-47-43-32-29-26-23-20-17-14-11-8-5-2/h7,10,16,19-20,23,25,28-29,32-34,36-37,39-40,71H,4-6,8-9,11-15,17-18,21-22,24,26-27,30-31,35,38,41-70H2,1-3H3/b10-7-,19-16-,23-20-,28-25-,32-29-,34-33-,37-36-,40-39-. The van der Waals surface area contributed by atoms with Crippen molar-refractivity contribution in [2.45, 2.75) is 341 Å². The lowest BCUT2D eigenvalue weighted by molar-refractivity contribution is -0.167. The van der Waals surface area contributed by atoms with Crippen molar-refractivity contribution in [3.05, 3.63) is 97.2 Å². The predicted molar refractivity (Wildman–Crippen MR) is 348 cm³/mol. The molecule has 460 valence electrons. The molecule has 0 N–H and O–H groups in total. The smallest absolute Gasteiger partial charge is 0.306 e. The summed E-state index contributed by atoms with van der Waals surface area (Å²) in [7, 11) is 0. The maximum absolute atomic E-state index is 12.9. The molecule has 1 atom stereocenters. The van der Waals surface area contributed by atoms with Crippen LogP contribution in [0.2, 0.25) is 0 Å². The van der Waals surface area contributed by atoms with E-state index in [1.54, 1.807) is 0 Å². The Morgan fingerprint density at radius 3 is 0.775 bits per heavy atom. The zero-order chi connectivity index (χ0) is 57.8. The summed E-state index contributed by atoms with van der Waals surface area (Å²) in [6.45, 7) is 6.54. The third kappa shape index (κ3) is 65.1. The summed E-state index contributed by atoms with van der Waals surface area (Å²) in [4.78, 5) is 38.4. The van der Waals surface area contributed by atoms with E-state index in [1.807, 2.05) is 0 Å². The van der Waals surface area contributed by atoms with Gasteiger partial charge >= 0.3 is 17.9 Å². The molecule has 6 nitrogen and oxygen atoms in total. The van der Waals surface area contributed by atoms with Crippen LogP contribution in [0.15, 0.2) is 97.2 Å². The Labute approximate surface area is 496 Å². The maximum atomic E-state index is 12.9. The third-order valence-corrected chi connectivity index (χ3v) is 14.8. The fourth-order valence-corrected chi connectivity index (χ4v) is 9.71. The van der Waals surface area contributed by atoms with E-state index < -0.39 is 6.10 Å². The van der Waals surface area contributed by atoms with E-state index in [4.69, 9.17) is 14.2 Å². The van der Waals surface area contributed by atoms with Crippen LogP contribution in [0.3, 0.4) is 0 Å². The first-order chi connectivity index (χ1) is 39.5. The van der Waals surface area contributed by atoms with E-state index >= 15 is 0 Å². The summed E-state index contributed by atoms with van der Waals surface area (Å²) in [6.07, 6.45) is 91.3. The van der Waals surface area contributed by atoms with Gasteiger partial charge in [0.2, 0.25) is 0 Å². The van der Waals surface area contributed by atoms with Crippen molar-refractivity contribution < 1.29 is 28.6 Å². The highest BCUT2D eigenvalue weighted by atomic mass is 16.6. The molecule has 0 aliphatic carbocycles. The van der Waals surface area contributed by atoms with Gasteiger partial charge in [0.1, 0.15) is 13.2 Å². The number of hydrogen-bond donors (Lipinski definition) is 0. The summed E-state index contributed by atoms with van der Waals surface area (Å²) < 4.78 is 17.0. The first-order valence-corrected chi connectivity index (χ1v) is 34.2. The highest BCUT2D eigenvalue weighted by Crippen LogP contribution is 2.17. The average Bonchev–Trinajstić information content (AvgIpc) is 3.46. The van der Waals surface area contributed by atoms with Gasteiger partial charge in [-0.15, -0.1) is 0 Å². The lowest BCUT2D eigenvalue weighted by Crippen LogP contribution is -2.30. The minimum Gasteiger partial charge on any atom is -0.462 e. The zero-order valence-corrected chi connectivity index (χ0v) is 52.8. The number of allylic oxidation sites excluding steroid dienone is 16. The maximum Gasteiger partial charge on any atom is 0.306 e. The van der Waals surface area contributed by atoms with Crippen LogP contribution in [-0.2, 0) is 28.6 Å². The van der Waals surface area contributed by atoms with Crippen LogP contribution in [0.5, 0.6) is 0 Å². The van der Waals surface area contributed by atoms with Gasteiger partial charge in [-0.05, 0) is 103 Å². The van der Waals surface area contributed by atoms with Gasteiger partial charge < -0.3 is 14.2 Å². The van der Waals surface area contributed by atoms with Crippen LogP contribution in [0.4, 0.5) is 0 Å². The molecule has 0 fully saturated rings. The summed E-state index contributed by atoms with van der Waals surface area (Å²) in [5, 5.41) is 0. The van der Waals surface area contributed by atoms with Gasteiger partial charge in [-0.1, -0.05) is 311 Å². The Morgan fingerprint density at radius 2 is 0.487 bits per heavy atom. The number of hydrogen-bond acceptors (Lipinski definition) is 6. The zero-order valence-electron chi connectivity index (χ0n) is 52.8. The van der Waals surface area contributed by atoms with Crippen molar-refractivity contribution in [1.82, 2.24) is 0 Å². The second kappa shape index (κ2) is 67.8. The molecule has 6 heteroatoms. The monoisotopic (exact) mass is 1110 g/mol. The molecule has 80 heavy (non-hydrogen) atoms. The minimum atomic E-state index is -0.786. The van der Waals surface area contributed by atoms with Crippen molar-refractivity contribution in [3.8, 4) is 0 Å². The predicted octanol–water partition coefficient (Wildman–Crippen LogP) is 23.6. The average molecular weight is 1110 g/mol. The quantitative estimate of drug-likeness (QED) is 0.0261. The summed E-state index contributed by atoms with van der Waals surface area (Å²) >= 11 is 0. The van der Waals surface area contributed by atoms with Crippen molar-refractivity contribution in [2.24, 2.45) is 0 Å². The third-order valence-electron chi connectivity index (χ3n) is 14.8. The van der Waals surface area contributed by atoms with Crippen LogP contribution >= 0.6 is 0 Å². The van der Waals surface area contributed by atoms with Crippen molar-refractivity contribution in [3.63, 3.8) is 0 Å². The second-order valence-corrected chi connectivity index (χ2v) is 22.7. The first-order valence-electron chi connectivity index (χ1n) is 34.2. The Kier molecular flexibility index (Phi) is 64.7. The molecule has 0 saturated heterocycles. The van der Waals surface area contributed by atoms with Crippen LogP contribution in [0, 0.1) is 0 Å². The van der Waals surface area contributed by atoms with E-state index in [2.05, 4.69) is 118 Å². The van der Waals surface area contributed by atoms with Crippen molar-refractivity contribution in [2.75, 3.05) is 13.2 Å². The number of rotatable bonds is 62. The molecule has 0 radical (unpaired) electrons. The Morgan fingerprint density at radius 1 is 0.263 bits per heavy atom. The largest absolute Gasteiger partial charge is 0.462 e. The molecule has 0 amide bonds. The molecule has 0 heterocycles. The van der Waals surface area contributed by atoms with E-state index in [0.717, 1.165) is 116 Å². The number of carbonyl (C=O) groups excluding carboxylic acids is 3. The van der Waals surface area contributed by atoms with Gasteiger partial charge in [0.15, 0.2) is 6.10 Å². The van der Waals surface area contributed by atoms with Gasteiger partial charge in [0.05, 0.1) is 0 Å². The van der Waals surface area contributed by atoms with Gasteiger partial charge in [-0.25, -0.2) is 0 Å². The Bertz CT molecular complexity index is 1560. The SMILES string of the molecule is CC/C=C\C/C=C\C/C=C\C/C=C\C/C=C\C/C=C\CCCCCCCCCCC(=O)OCC(COC(=O)CCCCCCCCCCCCCCCCCCC)OC(=O)CCCCCCCCC/C=C\C/C=C\CCCCCC. The molecule has 0 aromatic carbocycles. The number of carbonyl (C=O) groups is 3. The minimum absolute atomic E-state index is 0.0801. The fourth-order valence-electron chi connectivity index (χ4n) is 9.71. The number of ether oxygens (including phenoxy) is 3. The summed E-state index contributed by atoms with van der Waals surface area (Å²) in [5.41, 5.74) is 0. The van der Waals surface area contributed by atoms with E-state index in [-0.39, 0.29) is 31.1 Å². The molecule has 0 aliphatic heterocycles. The number of unbranched alkanes of at least 4 members (excludes halogenated alkanes) is 35. The number of esters is 3. The van der Waals surface area contributed by atoms with Crippen LogP contribution < -0.4 is 0 Å². The lowest BCUT2D eigenvalue weighted by Gasteiger charge is -2.18. The Hall–Kier alpha value is -3.67. The normalized spacial score (nSPS) is 12.7. The van der Waals surface area contributed by atoms with Crippen LogP contribution in [0.25, 0.3) is 0 Å². The van der Waals surface area contributed by atoms with Gasteiger partial charge in [0, 0.05) is 19.3 Å². The molecule has 0 aromatic rings. The Balaban J connectivity index is 4.36.